The van der Waals surface area contributed by atoms with Crippen LogP contribution in [0.25, 0.3) is 0 Å². The average Bonchev–Trinajstić information content (AvgIpc) is 2.79. The van der Waals surface area contributed by atoms with Crippen molar-refractivity contribution < 1.29 is 22.8 Å². The van der Waals surface area contributed by atoms with Crippen LogP contribution in [0, 0.1) is 0 Å². The summed E-state index contributed by atoms with van der Waals surface area (Å²) in [7, 11) is 0. The van der Waals surface area contributed by atoms with Gasteiger partial charge in [0.1, 0.15) is 0 Å². The van der Waals surface area contributed by atoms with Gasteiger partial charge in [-0.15, -0.1) is 0 Å². The van der Waals surface area contributed by atoms with E-state index in [1.54, 1.807) is 24.3 Å². The Bertz CT molecular complexity index is 1020. The van der Waals surface area contributed by atoms with Gasteiger partial charge in [-0.25, -0.2) is 0 Å². The molecule has 0 unspecified atom stereocenters. The first-order valence-corrected chi connectivity index (χ1v) is 10.2. The van der Waals surface area contributed by atoms with Gasteiger partial charge in [0, 0.05) is 12.1 Å². The maximum Gasteiger partial charge on any atom is 0.416 e. The van der Waals surface area contributed by atoms with Crippen molar-refractivity contribution in [2.24, 2.45) is 0 Å². The molecule has 0 aliphatic rings. The predicted molar refractivity (Wildman–Crippen MR) is 116 cm³/mol. The van der Waals surface area contributed by atoms with Gasteiger partial charge in [0.2, 0.25) is 5.91 Å². The topological polar surface area (TPSA) is 58.2 Å². The van der Waals surface area contributed by atoms with Crippen LogP contribution < -0.4 is 10.6 Å². The number of carbonyl (C=O) groups is 2. The Morgan fingerprint density at radius 1 is 0.812 bits per heavy atom. The summed E-state index contributed by atoms with van der Waals surface area (Å²) in [5.41, 5.74) is 1.28. The molecule has 0 aromatic heterocycles. The number of carbonyl (C=O) groups excluding carboxylic acids is 2. The van der Waals surface area contributed by atoms with Crippen molar-refractivity contribution in [3.63, 3.8) is 0 Å². The highest BCUT2D eigenvalue weighted by Gasteiger charge is 2.29. The third kappa shape index (κ3) is 6.70. The van der Waals surface area contributed by atoms with Gasteiger partial charge in [-0.3, -0.25) is 9.59 Å². The van der Waals surface area contributed by atoms with Crippen LogP contribution in [-0.4, -0.2) is 18.4 Å². The molecule has 0 bridgehead atoms. The number of amides is 2. The minimum Gasteiger partial charge on any atom is -0.356 e. The van der Waals surface area contributed by atoms with Crippen LogP contribution in [0.3, 0.4) is 0 Å². The number of nitrogens with one attached hydrogen (secondary N) is 2. The Morgan fingerprint density at radius 2 is 1.41 bits per heavy atom. The molecule has 166 valence electrons. The molecule has 2 N–H and O–H groups in total. The minimum atomic E-state index is -4.37. The van der Waals surface area contributed by atoms with Crippen molar-refractivity contribution >= 4 is 11.8 Å². The van der Waals surface area contributed by atoms with Crippen molar-refractivity contribution in [2.45, 2.75) is 25.1 Å². The molecule has 3 aromatic rings. The van der Waals surface area contributed by atoms with E-state index in [2.05, 4.69) is 10.6 Å². The molecule has 0 saturated heterocycles. The van der Waals surface area contributed by atoms with Crippen molar-refractivity contribution in [1.29, 1.82) is 0 Å². The van der Waals surface area contributed by atoms with E-state index in [9.17, 15) is 22.8 Å². The molecular formula is C25H23F3N2O2. The van der Waals surface area contributed by atoms with Crippen LogP contribution in [0.15, 0.2) is 84.9 Å². The first kappa shape index (κ1) is 23.1. The minimum absolute atomic E-state index is 0.0373. The SMILES string of the molecule is O=C(C[C@H](NC(=O)c1ccccc1)c1ccccc1)NCCc1ccc(C(F)(F)F)cc1. The number of rotatable bonds is 8. The smallest absolute Gasteiger partial charge is 0.356 e. The highest BCUT2D eigenvalue weighted by atomic mass is 19.4. The molecule has 7 heteroatoms. The van der Waals surface area contributed by atoms with Gasteiger partial charge in [0.15, 0.2) is 0 Å². The molecule has 32 heavy (non-hydrogen) atoms. The van der Waals surface area contributed by atoms with E-state index in [1.165, 1.54) is 12.1 Å². The van der Waals surface area contributed by atoms with Crippen molar-refractivity contribution in [1.82, 2.24) is 10.6 Å². The van der Waals surface area contributed by atoms with Gasteiger partial charge in [-0.1, -0.05) is 60.7 Å². The van der Waals surface area contributed by atoms with E-state index in [1.807, 2.05) is 36.4 Å². The summed E-state index contributed by atoms with van der Waals surface area (Å²) in [5, 5.41) is 5.68. The summed E-state index contributed by atoms with van der Waals surface area (Å²) in [4.78, 5) is 25.1. The predicted octanol–water partition coefficient (Wildman–Crippen LogP) is 4.93. The fourth-order valence-corrected chi connectivity index (χ4v) is 3.23. The molecule has 0 radical (unpaired) electrons. The monoisotopic (exact) mass is 440 g/mol. The Balaban J connectivity index is 1.57. The normalized spacial score (nSPS) is 12.1. The lowest BCUT2D eigenvalue weighted by molar-refractivity contribution is -0.137. The van der Waals surface area contributed by atoms with E-state index in [0.717, 1.165) is 17.7 Å². The van der Waals surface area contributed by atoms with Crippen molar-refractivity contribution in [3.8, 4) is 0 Å². The Labute approximate surface area is 184 Å². The highest BCUT2D eigenvalue weighted by molar-refractivity contribution is 5.94. The van der Waals surface area contributed by atoms with E-state index in [4.69, 9.17) is 0 Å². The largest absolute Gasteiger partial charge is 0.416 e. The second-order valence-electron chi connectivity index (χ2n) is 7.30. The van der Waals surface area contributed by atoms with Crippen LogP contribution in [0.4, 0.5) is 13.2 Å². The first-order valence-electron chi connectivity index (χ1n) is 10.2. The molecule has 0 aliphatic heterocycles. The van der Waals surface area contributed by atoms with Crippen LogP contribution >= 0.6 is 0 Å². The van der Waals surface area contributed by atoms with Gasteiger partial charge in [-0.2, -0.15) is 13.2 Å². The maximum atomic E-state index is 12.7. The van der Waals surface area contributed by atoms with Gasteiger partial charge < -0.3 is 10.6 Å². The molecule has 3 aromatic carbocycles. The Morgan fingerprint density at radius 3 is 2.00 bits per heavy atom. The molecule has 4 nitrogen and oxygen atoms in total. The van der Waals surface area contributed by atoms with E-state index < -0.39 is 17.8 Å². The summed E-state index contributed by atoms with van der Waals surface area (Å²) in [6.07, 6.45) is -3.94. The number of halogens is 3. The standard InChI is InChI=1S/C25H23F3N2O2/c26-25(27,28)21-13-11-18(12-14-21)15-16-29-23(31)17-22(19-7-3-1-4-8-19)30-24(32)20-9-5-2-6-10-20/h1-14,22H,15-17H2,(H,29,31)(H,30,32)/t22-/m0/s1. The molecule has 0 aliphatic carbocycles. The molecule has 2 amide bonds. The lowest BCUT2D eigenvalue weighted by Crippen LogP contribution is -2.34. The second-order valence-corrected chi connectivity index (χ2v) is 7.30. The summed E-state index contributed by atoms with van der Waals surface area (Å²) in [6, 6.07) is 22.3. The van der Waals surface area contributed by atoms with Gasteiger partial charge in [0.25, 0.3) is 5.91 Å². The highest BCUT2D eigenvalue weighted by Crippen LogP contribution is 2.29. The van der Waals surface area contributed by atoms with E-state index >= 15 is 0 Å². The number of alkyl halides is 3. The van der Waals surface area contributed by atoms with Gasteiger partial charge in [0.05, 0.1) is 18.0 Å². The van der Waals surface area contributed by atoms with Crippen molar-refractivity contribution in [3.05, 3.63) is 107 Å². The second kappa shape index (κ2) is 10.6. The molecule has 1 atom stereocenters. The quantitative estimate of drug-likeness (QED) is 0.522. The first-order chi connectivity index (χ1) is 15.3. The number of benzene rings is 3. The number of hydrogen-bond acceptors (Lipinski definition) is 2. The maximum absolute atomic E-state index is 12.7. The number of hydrogen-bond donors (Lipinski definition) is 2. The van der Waals surface area contributed by atoms with Crippen LogP contribution in [-0.2, 0) is 17.4 Å². The van der Waals surface area contributed by atoms with Crippen LogP contribution in [0.5, 0.6) is 0 Å². The zero-order valence-electron chi connectivity index (χ0n) is 17.2. The van der Waals surface area contributed by atoms with Crippen LogP contribution in [0.2, 0.25) is 0 Å². The van der Waals surface area contributed by atoms with Gasteiger partial charge >= 0.3 is 6.18 Å². The molecule has 3 rings (SSSR count). The van der Waals surface area contributed by atoms with E-state index in [0.29, 0.717) is 17.5 Å². The average molecular weight is 440 g/mol. The summed E-state index contributed by atoms with van der Waals surface area (Å²) in [6.45, 7) is 0.276. The molecular weight excluding hydrogens is 417 g/mol. The summed E-state index contributed by atoms with van der Waals surface area (Å²) >= 11 is 0. The fourth-order valence-electron chi connectivity index (χ4n) is 3.23. The summed E-state index contributed by atoms with van der Waals surface area (Å²) in [5.74, 6) is -0.545. The molecule has 0 saturated carbocycles. The van der Waals surface area contributed by atoms with Crippen molar-refractivity contribution in [2.75, 3.05) is 6.54 Å². The summed E-state index contributed by atoms with van der Waals surface area (Å²) < 4.78 is 38.0. The molecule has 0 fully saturated rings. The third-order valence-corrected chi connectivity index (χ3v) is 4.95. The lowest BCUT2D eigenvalue weighted by atomic mass is 10.0. The lowest BCUT2D eigenvalue weighted by Gasteiger charge is -2.19. The van der Waals surface area contributed by atoms with Crippen LogP contribution in [0.1, 0.15) is 39.5 Å². The third-order valence-electron chi connectivity index (χ3n) is 4.95. The Hall–Kier alpha value is -3.61. The van der Waals surface area contributed by atoms with Gasteiger partial charge in [-0.05, 0) is 41.8 Å². The molecule has 0 spiro atoms. The molecule has 0 heterocycles. The zero-order chi connectivity index (χ0) is 23.0. The fraction of sp³-hybridized carbons (Fsp3) is 0.200. The Kier molecular flexibility index (Phi) is 7.65. The van der Waals surface area contributed by atoms with E-state index in [-0.39, 0.29) is 24.8 Å². The zero-order valence-corrected chi connectivity index (χ0v) is 17.2.